The maximum Gasteiger partial charge on any atom is 0.407 e. The molecular formula is C9H10BrNO2S. The topological polar surface area (TPSA) is 40.5 Å². The number of nitrogens with zero attached hydrogens (tertiary/aromatic N) is 1. The van der Waals surface area contributed by atoms with Crippen molar-refractivity contribution in [3.8, 4) is 0 Å². The molecular weight excluding hydrogens is 266 g/mol. The van der Waals surface area contributed by atoms with E-state index in [1.807, 2.05) is 6.07 Å². The molecule has 0 bridgehead atoms. The molecule has 3 nitrogen and oxygen atoms in total. The van der Waals surface area contributed by atoms with Gasteiger partial charge in [0, 0.05) is 11.4 Å². The average Bonchev–Trinajstić information content (AvgIpc) is 2.32. The molecule has 0 fully saturated rings. The average molecular weight is 276 g/mol. The quantitative estimate of drug-likeness (QED) is 0.791. The van der Waals surface area contributed by atoms with Gasteiger partial charge in [0.1, 0.15) is 0 Å². The molecule has 5 heteroatoms. The van der Waals surface area contributed by atoms with Gasteiger partial charge in [0.25, 0.3) is 0 Å². The number of thiophene rings is 1. The molecule has 1 amide bonds. The number of aryl methyl sites for hydroxylation is 1. The van der Waals surface area contributed by atoms with Crippen LogP contribution >= 0.6 is 27.3 Å². The van der Waals surface area contributed by atoms with E-state index in [0.717, 1.165) is 22.2 Å². The fourth-order valence-electron chi connectivity index (χ4n) is 1.65. The summed E-state index contributed by atoms with van der Waals surface area (Å²) in [5.41, 5.74) is 1.15. The van der Waals surface area contributed by atoms with E-state index in [-0.39, 0.29) is 0 Å². The number of fused-ring (bicyclic) bond motifs is 1. The van der Waals surface area contributed by atoms with E-state index >= 15 is 0 Å². The van der Waals surface area contributed by atoms with Crippen LogP contribution in [-0.4, -0.2) is 22.6 Å². The number of hydrogen-bond acceptors (Lipinski definition) is 2. The summed E-state index contributed by atoms with van der Waals surface area (Å²) in [6.07, 6.45) is 1.10. The van der Waals surface area contributed by atoms with Gasteiger partial charge in [-0.25, -0.2) is 4.79 Å². The summed E-state index contributed by atoms with van der Waals surface area (Å²) < 4.78 is 1.09. The Labute approximate surface area is 94.5 Å². The summed E-state index contributed by atoms with van der Waals surface area (Å²) in [6.45, 7) is 1.18. The van der Waals surface area contributed by atoms with E-state index in [9.17, 15) is 4.79 Å². The largest absolute Gasteiger partial charge is 0.465 e. The van der Waals surface area contributed by atoms with Crippen molar-refractivity contribution in [2.75, 3.05) is 6.54 Å². The smallest absolute Gasteiger partial charge is 0.407 e. The zero-order valence-electron chi connectivity index (χ0n) is 7.49. The Hall–Kier alpha value is -0.550. The van der Waals surface area contributed by atoms with Gasteiger partial charge >= 0.3 is 6.09 Å². The molecule has 1 N–H and O–H groups in total. The summed E-state index contributed by atoms with van der Waals surface area (Å²) in [7, 11) is 0. The lowest BCUT2D eigenvalue weighted by Gasteiger charge is -2.15. The molecule has 0 radical (unpaired) electrons. The third-order valence-corrected chi connectivity index (χ3v) is 4.07. The fraction of sp³-hybridized carbons (Fsp3) is 0.444. The van der Waals surface area contributed by atoms with Gasteiger partial charge in [-0.05, 0) is 40.4 Å². The van der Waals surface area contributed by atoms with Crippen molar-refractivity contribution in [2.24, 2.45) is 0 Å². The molecule has 1 aromatic rings. The molecule has 1 aliphatic heterocycles. The standard InChI is InChI=1S/C9H10BrNO2S/c10-8-4-6-5-11(9(12)13)3-1-2-7(6)14-8/h4H,1-3,5H2,(H,12,13). The van der Waals surface area contributed by atoms with Crippen molar-refractivity contribution in [2.45, 2.75) is 19.4 Å². The Morgan fingerprint density at radius 2 is 2.43 bits per heavy atom. The van der Waals surface area contributed by atoms with Crippen LogP contribution in [0.5, 0.6) is 0 Å². The number of halogens is 1. The van der Waals surface area contributed by atoms with Gasteiger partial charge in [0.15, 0.2) is 0 Å². The Kier molecular flexibility index (Phi) is 2.78. The molecule has 14 heavy (non-hydrogen) atoms. The van der Waals surface area contributed by atoms with Gasteiger partial charge in [0.05, 0.1) is 10.3 Å². The van der Waals surface area contributed by atoms with Crippen molar-refractivity contribution in [3.05, 3.63) is 20.3 Å². The molecule has 0 spiro atoms. The molecule has 2 heterocycles. The first-order chi connectivity index (χ1) is 6.66. The highest BCUT2D eigenvalue weighted by molar-refractivity contribution is 9.11. The second-order valence-corrected chi connectivity index (χ2v) is 5.82. The van der Waals surface area contributed by atoms with Crippen molar-refractivity contribution in [1.82, 2.24) is 4.90 Å². The molecule has 2 rings (SSSR count). The predicted octanol–water partition coefficient (Wildman–Crippen LogP) is 2.94. The van der Waals surface area contributed by atoms with Crippen LogP contribution < -0.4 is 0 Å². The van der Waals surface area contributed by atoms with E-state index < -0.39 is 6.09 Å². The summed E-state index contributed by atoms with van der Waals surface area (Å²) in [4.78, 5) is 13.6. The van der Waals surface area contributed by atoms with Crippen LogP contribution in [-0.2, 0) is 13.0 Å². The Morgan fingerprint density at radius 3 is 3.14 bits per heavy atom. The highest BCUT2D eigenvalue weighted by atomic mass is 79.9. The lowest BCUT2D eigenvalue weighted by Crippen LogP contribution is -2.28. The molecule has 0 unspecified atom stereocenters. The molecule has 0 saturated heterocycles. The SMILES string of the molecule is O=C(O)N1CCCc2sc(Br)cc2C1. The highest BCUT2D eigenvalue weighted by Crippen LogP contribution is 2.31. The van der Waals surface area contributed by atoms with Crippen molar-refractivity contribution in [1.29, 1.82) is 0 Å². The van der Waals surface area contributed by atoms with Crippen molar-refractivity contribution < 1.29 is 9.90 Å². The second-order valence-electron chi connectivity index (χ2n) is 3.31. The number of amides is 1. The van der Waals surface area contributed by atoms with Gasteiger partial charge in [-0.1, -0.05) is 0 Å². The molecule has 0 atom stereocenters. The first-order valence-electron chi connectivity index (χ1n) is 4.42. The Balaban J connectivity index is 2.25. The van der Waals surface area contributed by atoms with E-state index in [1.54, 1.807) is 11.3 Å². The fourth-order valence-corrected chi connectivity index (χ4v) is 3.45. The van der Waals surface area contributed by atoms with Crippen LogP contribution in [0.3, 0.4) is 0 Å². The lowest BCUT2D eigenvalue weighted by molar-refractivity contribution is 0.143. The summed E-state index contributed by atoms with van der Waals surface area (Å²) in [5.74, 6) is 0. The van der Waals surface area contributed by atoms with Crippen LogP contribution in [0, 0.1) is 0 Å². The van der Waals surface area contributed by atoms with Crippen LogP contribution in [0.4, 0.5) is 4.79 Å². The molecule has 76 valence electrons. The monoisotopic (exact) mass is 275 g/mol. The second kappa shape index (κ2) is 3.90. The van der Waals surface area contributed by atoms with Gasteiger partial charge in [-0.15, -0.1) is 11.3 Å². The Morgan fingerprint density at radius 1 is 1.64 bits per heavy atom. The van der Waals surface area contributed by atoms with Crippen LogP contribution in [0.15, 0.2) is 9.85 Å². The van der Waals surface area contributed by atoms with Crippen LogP contribution in [0.2, 0.25) is 0 Å². The van der Waals surface area contributed by atoms with Crippen molar-refractivity contribution in [3.63, 3.8) is 0 Å². The first kappa shape index (κ1) is 9.98. The van der Waals surface area contributed by atoms with Gasteiger partial charge < -0.3 is 10.0 Å². The maximum atomic E-state index is 10.8. The zero-order chi connectivity index (χ0) is 10.1. The third kappa shape index (κ3) is 1.93. The number of carbonyl (C=O) groups is 1. The summed E-state index contributed by atoms with van der Waals surface area (Å²) in [5, 5.41) is 8.91. The normalized spacial score (nSPS) is 16.2. The Bertz CT molecular complexity index is 364. The lowest BCUT2D eigenvalue weighted by atomic mass is 10.2. The minimum absolute atomic E-state index is 0.534. The van der Waals surface area contributed by atoms with E-state index in [2.05, 4.69) is 15.9 Å². The molecule has 0 aliphatic carbocycles. The first-order valence-corrected chi connectivity index (χ1v) is 6.02. The third-order valence-electron chi connectivity index (χ3n) is 2.33. The number of carboxylic acid groups (broad SMARTS) is 1. The zero-order valence-corrected chi connectivity index (χ0v) is 9.90. The van der Waals surface area contributed by atoms with Crippen LogP contribution in [0.1, 0.15) is 16.9 Å². The minimum atomic E-state index is -0.819. The summed E-state index contributed by atoms with van der Waals surface area (Å²) >= 11 is 5.14. The van der Waals surface area contributed by atoms with Gasteiger partial charge in [0.2, 0.25) is 0 Å². The van der Waals surface area contributed by atoms with E-state index in [1.165, 1.54) is 9.78 Å². The molecule has 0 saturated carbocycles. The van der Waals surface area contributed by atoms with E-state index in [4.69, 9.17) is 5.11 Å². The predicted molar refractivity (Wildman–Crippen MR) is 58.8 cm³/mol. The van der Waals surface area contributed by atoms with Crippen LogP contribution in [0.25, 0.3) is 0 Å². The van der Waals surface area contributed by atoms with E-state index in [0.29, 0.717) is 13.1 Å². The highest BCUT2D eigenvalue weighted by Gasteiger charge is 2.19. The van der Waals surface area contributed by atoms with Crippen molar-refractivity contribution >= 4 is 33.4 Å². The summed E-state index contributed by atoms with van der Waals surface area (Å²) in [6, 6.07) is 2.03. The molecule has 1 aromatic heterocycles. The van der Waals surface area contributed by atoms with Gasteiger partial charge in [-0.2, -0.15) is 0 Å². The molecule has 1 aliphatic rings. The number of rotatable bonds is 0. The minimum Gasteiger partial charge on any atom is -0.465 e. The maximum absolute atomic E-state index is 10.8. The van der Waals surface area contributed by atoms with Gasteiger partial charge in [-0.3, -0.25) is 0 Å². The molecule has 0 aromatic carbocycles. The number of hydrogen-bond donors (Lipinski definition) is 1.